The van der Waals surface area contributed by atoms with Gasteiger partial charge in [0.15, 0.2) is 0 Å². The van der Waals surface area contributed by atoms with Crippen molar-refractivity contribution in [2.75, 3.05) is 54.0 Å². The second-order valence-corrected chi connectivity index (χ2v) is 9.14. The van der Waals surface area contributed by atoms with E-state index >= 15 is 0 Å². The molecule has 4 rings (SSSR count). The lowest BCUT2D eigenvalue weighted by Crippen LogP contribution is -2.25. The molecule has 36 heavy (non-hydrogen) atoms. The third-order valence-corrected chi connectivity index (χ3v) is 6.19. The zero-order chi connectivity index (χ0) is 25.2. The highest BCUT2D eigenvalue weighted by Crippen LogP contribution is 2.17. The van der Waals surface area contributed by atoms with Crippen LogP contribution >= 0.6 is 0 Å². The lowest BCUT2D eigenvalue weighted by atomic mass is 10.2. The minimum atomic E-state index is 0.632. The quantitative estimate of drug-likeness (QED) is 0.470. The van der Waals surface area contributed by atoms with E-state index in [0.717, 1.165) is 17.1 Å². The summed E-state index contributed by atoms with van der Waals surface area (Å²) in [5.41, 5.74) is 7.16. The van der Waals surface area contributed by atoms with Gasteiger partial charge in [0.25, 0.3) is 0 Å². The van der Waals surface area contributed by atoms with E-state index < -0.39 is 0 Å². The van der Waals surface area contributed by atoms with Gasteiger partial charge in [-0.15, -0.1) is 0 Å². The van der Waals surface area contributed by atoms with E-state index in [2.05, 4.69) is 144 Å². The molecule has 0 saturated heterocycles. The molecule has 0 amide bonds. The van der Waals surface area contributed by atoms with Gasteiger partial charge in [-0.05, 0) is 57.2 Å². The Hall–Kier alpha value is -4.26. The second kappa shape index (κ2) is 12.4. The minimum Gasteiger partial charge on any atom is -0.349 e. The zero-order valence-electron chi connectivity index (χ0n) is 21.5. The Bertz CT molecular complexity index is 1120. The summed E-state index contributed by atoms with van der Waals surface area (Å²) in [5.74, 6) is 20.3. The molecule has 1 aliphatic rings. The van der Waals surface area contributed by atoms with Crippen LogP contribution in [0.3, 0.4) is 0 Å². The van der Waals surface area contributed by atoms with Crippen LogP contribution in [0.4, 0.5) is 17.1 Å². The molecule has 0 aliphatic carbocycles. The number of rotatable bonds is 3. The van der Waals surface area contributed by atoms with Crippen LogP contribution in [0.5, 0.6) is 0 Å². The van der Waals surface area contributed by atoms with Crippen LogP contribution in [0.1, 0.15) is 16.7 Å². The molecule has 0 radical (unpaired) electrons. The molecule has 0 N–H and O–H groups in total. The average Bonchev–Trinajstić information content (AvgIpc) is 2.90. The van der Waals surface area contributed by atoms with Crippen molar-refractivity contribution >= 4 is 17.1 Å². The number of aryl methyl sites for hydroxylation is 3. The fourth-order valence-electron chi connectivity index (χ4n) is 3.89. The van der Waals surface area contributed by atoms with Crippen molar-refractivity contribution in [3.63, 3.8) is 0 Å². The smallest absolute Gasteiger partial charge is 0.0804 e. The van der Waals surface area contributed by atoms with Crippen molar-refractivity contribution in [3.05, 3.63) is 89.5 Å². The number of nitrogens with zero attached hydrogens (tertiary/aromatic N) is 3. The van der Waals surface area contributed by atoms with Crippen molar-refractivity contribution in [2.24, 2.45) is 0 Å². The highest BCUT2D eigenvalue weighted by atomic mass is 15.1. The van der Waals surface area contributed by atoms with Crippen LogP contribution in [0.15, 0.2) is 72.8 Å². The summed E-state index contributed by atoms with van der Waals surface area (Å²) < 4.78 is 0. The first-order chi connectivity index (χ1) is 17.6. The predicted octanol–water partition coefficient (Wildman–Crippen LogP) is 5.46. The van der Waals surface area contributed by atoms with E-state index in [4.69, 9.17) is 0 Å². The molecule has 1 heterocycles. The molecule has 0 aromatic heterocycles. The third-order valence-electron chi connectivity index (χ3n) is 6.19. The maximum absolute atomic E-state index is 3.38. The Morgan fingerprint density at radius 2 is 0.556 bits per heavy atom. The molecular weight excluding hydrogens is 438 g/mol. The number of hydrogen-bond donors (Lipinski definition) is 0. The van der Waals surface area contributed by atoms with E-state index in [1.807, 2.05) is 0 Å². The topological polar surface area (TPSA) is 9.72 Å². The van der Waals surface area contributed by atoms with E-state index in [9.17, 15) is 0 Å². The maximum atomic E-state index is 3.38. The Kier molecular flexibility index (Phi) is 8.59. The summed E-state index contributed by atoms with van der Waals surface area (Å²) in [7, 11) is 0. The molecule has 3 heteroatoms. The van der Waals surface area contributed by atoms with Gasteiger partial charge < -0.3 is 14.7 Å². The van der Waals surface area contributed by atoms with Crippen LogP contribution in [-0.2, 0) is 0 Å². The molecule has 0 saturated carbocycles. The normalized spacial score (nSPS) is 14.2. The first kappa shape index (κ1) is 24.9. The van der Waals surface area contributed by atoms with Crippen molar-refractivity contribution in [2.45, 2.75) is 20.8 Å². The fraction of sp³-hybridized carbons (Fsp3) is 0.273. The number of benzene rings is 3. The summed E-state index contributed by atoms with van der Waals surface area (Å²) in [5, 5.41) is 0. The molecular formula is C33H33N3. The molecule has 0 fully saturated rings. The van der Waals surface area contributed by atoms with Crippen molar-refractivity contribution in [1.29, 1.82) is 0 Å². The van der Waals surface area contributed by atoms with Gasteiger partial charge in [-0.3, -0.25) is 0 Å². The van der Waals surface area contributed by atoms with Crippen LogP contribution in [0.2, 0.25) is 0 Å². The van der Waals surface area contributed by atoms with Gasteiger partial charge >= 0.3 is 0 Å². The molecule has 0 unspecified atom stereocenters. The van der Waals surface area contributed by atoms with Crippen molar-refractivity contribution in [3.8, 4) is 35.5 Å². The molecule has 3 aromatic carbocycles. The van der Waals surface area contributed by atoms with Gasteiger partial charge in [0, 0.05) is 17.1 Å². The lowest BCUT2D eigenvalue weighted by molar-refractivity contribution is 0.969. The van der Waals surface area contributed by atoms with Crippen LogP contribution in [0.25, 0.3) is 0 Å². The van der Waals surface area contributed by atoms with Gasteiger partial charge in [0.2, 0.25) is 0 Å². The number of hydrogen-bond acceptors (Lipinski definition) is 3. The van der Waals surface area contributed by atoms with Crippen LogP contribution in [0, 0.1) is 56.3 Å². The molecule has 3 nitrogen and oxygen atoms in total. The van der Waals surface area contributed by atoms with Gasteiger partial charge in [0.05, 0.1) is 39.3 Å². The monoisotopic (exact) mass is 471 g/mol. The molecule has 180 valence electrons. The Morgan fingerprint density at radius 1 is 0.361 bits per heavy atom. The number of anilines is 3. The molecule has 3 aromatic rings. The zero-order valence-corrected chi connectivity index (χ0v) is 21.5. The highest BCUT2D eigenvalue weighted by Gasteiger charge is 2.07. The van der Waals surface area contributed by atoms with Gasteiger partial charge in [-0.25, -0.2) is 0 Å². The average molecular weight is 472 g/mol. The van der Waals surface area contributed by atoms with E-state index in [0.29, 0.717) is 39.3 Å². The minimum absolute atomic E-state index is 0.632. The summed E-state index contributed by atoms with van der Waals surface area (Å²) in [6.07, 6.45) is 0. The lowest BCUT2D eigenvalue weighted by Gasteiger charge is -2.21. The molecule has 0 spiro atoms. The van der Waals surface area contributed by atoms with Crippen molar-refractivity contribution < 1.29 is 0 Å². The highest BCUT2D eigenvalue weighted by molar-refractivity contribution is 5.53. The summed E-state index contributed by atoms with van der Waals surface area (Å²) in [6, 6.07) is 25.7. The SMILES string of the molecule is Cc1ccc(N2CC#CCN(c3ccc(C)cc3)CC#CCN(c3ccc(C)cc3)CC#CC2)cc1. The standard InChI is InChI=1S/C33H33N3/c1-28-10-16-31(17-11-28)34-22-4-6-24-35(32-18-12-29(2)13-19-32)26-8-9-27-36(25-7-5-23-34)33-20-14-30(3)15-21-33/h10-21H,22-27H2,1-3H3. The molecule has 0 atom stereocenters. The van der Waals surface area contributed by atoms with E-state index in [1.165, 1.54) is 16.7 Å². The van der Waals surface area contributed by atoms with Crippen molar-refractivity contribution in [1.82, 2.24) is 0 Å². The third kappa shape index (κ3) is 7.12. The Labute approximate surface area is 216 Å². The molecule has 1 aliphatic heterocycles. The second-order valence-electron chi connectivity index (χ2n) is 9.14. The fourth-order valence-corrected chi connectivity index (χ4v) is 3.89. The van der Waals surface area contributed by atoms with Gasteiger partial charge in [-0.2, -0.15) is 0 Å². The molecule has 0 bridgehead atoms. The Balaban J connectivity index is 1.62. The first-order valence-electron chi connectivity index (χ1n) is 12.4. The Morgan fingerprint density at radius 3 is 0.750 bits per heavy atom. The maximum Gasteiger partial charge on any atom is 0.0804 e. The summed E-state index contributed by atoms with van der Waals surface area (Å²) >= 11 is 0. The summed E-state index contributed by atoms with van der Waals surface area (Å²) in [4.78, 5) is 6.71. The summed E-state index contributed by atoms with van der Waals surface area (Å²) in [6.45, 7) is 10.1. The van der Waals surface area contributed by atoms with E-state index in [-0.39, 0.29) is 0 Å². The van der Waals surface area contributed by atoms with Gasteiger partial charge in [0.1, 0.15) is 0 Å². The van der Waals surface area contributed by atoms with Crippen LogP contribution in [-0.4, -0.2) is 39.3 Å². The largest absolute Gasteiger partial charge is 0.349 e. The van der Waals surface area contributed by atoms with Gasteiger partial charge in [-0.1, -0.05) is 88.6 Å². The van der Waals surface area contributed by atoms with E-state index in [1.54, 1.807) is 0 Å². The van der Waals surface area contributed by atoms with Crippen LogP contribution < -0.4 is 14.7 Å². The first-order valence-corrected chi connectivity index (χ1v) is 12.4. The predicted molar refractivity (Wildman–Crippen MR) is 154 cm³/mol.